The predicted octanol–water partition coefficient (Wildman–Crippen LogP) is 2.64. The zero-order valence-electron chi connectivity index (χ0n) is 15.2. The van der Waals surface area contributed by atoms with E-state index in [0.29, 0.717) is 21.9 Å². The number of nitrogens with one attached hydrogen (secondary N) is 1. The van der Waals surface area contributed by atoms with Gasteiger partial charge >= 0.3 is 0 Å². The van der Waals surface area contributed by atoms with E-state index in [0.717, 1.165) is 0 Å². The van der Waals surface area contributed by atoms with Gasteiger partial charge in [0, 0.05) is 30.2 Å². The molecule has 0 fully saturated rings. The van der Waals surface area contributed by atoms with E-state index in [9.17, 15) is 13.0 Å². The molecule has 1 aromatic carbocycles. The third-order valence-electron chi connectivity index (χ3n) is 4.37. The van der Waals surface area contributed by atoms with Gasteiger partial charge in [-0.2, -0.15) is 0 Å². The number of anilines is 1. The molecule has 3 rings (SSSR count). The van der Waals surface area contributed by atoms with Gasteiger partial charge in [0.1, 0.15) is 33.6 Å². The first kappa shape index (κ1) is 19.8. The van der Waals surface area contributed by atoms with Crippen LogP contribution in [0.15, 0.2) is 34.3 Å². The van der Waals surface area contributed by atoms with Gasteiger partial charge < -0.3 is 10.5 Å². The summed E-state index contributed by atoms with van der Waals surface area (Å²) >= 11 is 1.22. The molecule has 2 heterocycles. The van der Waals surface area contributed by atoms with Crippen molar-refractivity contribution < 1.29 is 13.0 Å². The first-order chi connectivity index (χ1) is 12.7. The Bertz CT molecular complexity index is 873. The minimum Gasteiger partial charge on any atom is -0.369 e. The summed E-state index contributed by atoms with van der Waals surface area (Å²) in [6.45, 7) is 3.47. The number of aryl methyl sites for hydroxylation is 1. The summed E-state index contributed by atoms with van der Waals surface area (Å²) in [4.78, 5) is 8.51. The summed E-state index contributed by atoms with van der Waals surface area (Å²) < 4.78 is 44.7. The highest BCUT2D eigenvalue weighted by molar-refractivity contribution is 8.15. The summed E-state index contributed by atoms with van der Waals surface area (Å²) in [6, 6.07) is 3.30. The Morgan fingerprint density at radius 3 is 2.85 bits per heavy atom. The Morgan fingerprint density at radius 1 is 1.48 bits per heavy atom. The first-order valence-corrected chi connectivity index (χ1v) is 10.4. The van der Waals surface area contributed by atoms with Gasteiger partial charge in [-0.05, 0) is 43.7 Å². The molecule has 0 saturated carbocycles. The van der Waals surface area contributed by atoms with Crippen molar-refractivity contribution in [2.24, 2.45) is 15.7 Å². The SMILES string of the molecule is Cc1cc(NSC2=NCC(F)C=C2)cc(C2(C)CS(=O)N(C)C(N)=N2)c1F. The Labute approximate surface area is 163 Å². The molecule has 3 unspecified atom stereocenters. The Hall–Kier alpha value is -1.94. The number of halogens is 2. The highest BCUT2D eigenvalue weighted by Crippen LogP contribution is 2.35. The normalized spacial score (nSPS) is 28.0. The van der Waals surface area contributed by atoms with Crippen LogP contribution in [-0.4, -0.2) is 45.0 Å². The second-order valence-corrected chi connectivity index (χ2v) is 8.93. The van der Waals surface area contributed by atoms with Crippen molar-refractivity contribution in [3.63, 3.8) is 0 Å². The van der Waals surface area contributed by atoms with E-state index < -0.39 is 28.5 Å². The smallest absolute Gasteiger partial charge is 0.204 e. The number of dihydropyridines is 1. The van der Waals surface area contributed by atoms with E-state index in [1.807, 2.05) is 0 Å². The monoisotopic (exact) mass is 413 g/mol. The van der Waals surface area contributed by atoms with Crippen molar-refractivity contribution in [1.29, 1.82) is 0 Å². The summed E-state index contributed by atoms with van der Waals surface area (Å²) in [6.07, 6.45) is 2.00. The van der Waals surface area contributed by atoms with Crippen LogP contribution in [0, 0.1) is 12.7 Å². The zero-order chi connectivity index (χ0) is 19.8. The van der Waals surface area contributed by atoms with E-state index >= 15 is 0 Å². The molecule has 3 atom stereocenters. The predicted molar refractivity (Wildman–Crippen MR) is 108 cm³/mol. The molecule has 0 bridgehead atoms. The average molecular weight is 414 g/mol. The van der Waals surface area contributed by atoms with Gasteiger partial charge in [-0.3, -0.25) is 9.30 Å². The molecule has 146 valence electrons. The van der Waals surface area contributed by atoms with Crippen LogP contribution in [0.2, 0.25) is 0 Å². The van der Waals surface area contributed by atoms with Crippen LogP contribution in [0.3, 0.4) is 0 Å². The average Bonchev–Trinajstić information content (AvgIpc) is 2.61. The molecule has 0 radical (unpaired) electrons. The van der Waals surface area contributed by atoms with Gasteiger partial charge in [0.15, 0.2) is 0 Å². The quantitative estimate of drug-likeness (QED) is 0.747. The van der Waals surface area contributed by atoms with Crippen molar-refractivity contribution in [3.8, 4) is 0 Å². The number of guanidine groups is 1. The number of aliphatic imine (C=N–C) groups is 2. The lowest BCUT2D eigenvalue weighted by atomic mass is 9.92. The molecule has 0 spiro atoms. The molecule has 0 saturated heterocycles. The summed E-state index contributed by atoms with van der Waals surface area (Å²) in [5.41, 5.74) is 6.22. The van der Waals surface area contributed by atoms with Crippen LogP contribution in [0.1, 0.15) is 18.1 Å². The van der Waals surface area contributed by atoms with Crippen molar-refractivity contribution in [3.05, 3.63) is 41.2 Å². The van der Waals surface area contributed by atoms with Crippen LogP contribution < -0.4 is 10.5 Å². The molecule has 0 aliphatic carbocycles. The first-order valence-electron chi connectivity index (χ1n) is 8.27. The molecule has 3 N–H and O–H groups in total. The number of nitrogens with two attached hydrogens (primary N) is 1. The third kappa shape index (κ3) is 4.16. The Balaban J connectivity index is 1.89. The summed E-state index contributed by atoms with van der Waals surface area (Å²) in [5.74, 6) is -0.166. The van der Waals surface area contributed by atoms with Crippen LogP contribution in [0.5, 0.6) is 0 Å². The molecule has 10 heteroatoms. The third-order valence-corrected chi connectivity index (χ3v) is 6.79. The lowest BCUT2D eigenvalue weighted by molar-refractivity contribution is 0.407. The molecular weight excluding hydrogens is 392 g/mol. The van der Waals surface area contributed by atoms with Crippen molar-refractivity contribution in [2.75, 3.05) is 24.1 Å². The number of nitrogens with zero attached hydrogens (tertiary/aromatic N) is 3. The number of alkyl halides is 1. The lowest BCUT2D eigenvalue weighted by Gasteiger charge is -2.34. The molecule has 0 aromatic heterocycles. The summed E-state index contributed by atoms with van der Waals surface area (Å²) in [5, 5.41) is 0.640. The largest absolute Gasteiger partial charge is 0.369 e. The standard InChI is InChI=1S/C17H21F2N5OS2/c1-10-6-12(23-26-14-5-4-11(18)8-21-14)7-13(15(10)19)17(2)9-27(25)24(3)16(20)22-17/h4-7,11,23H,8-9H2,1-3H3,(H2,20,22). The van der Waals surface area contributed by atoms with Gasteiger partial charge in [0.25, 0.3) is 0 Å². The zero-order valence-corrected chi connectivity index (χ0v) is 16.8. The topological polar surface area (TPSA) is 83.1 Å². The Kier molecular flexibility index (Phi) is 5.57. The van der Waals surface area contributed by atoms with E-state index in [-0.39, 0.29) is 18.3 Å². The van der Waals surface area contributed by atoms with Crippen molar-refractivity contribution >= 4 is 39.6 Å². The van der Waals surface area contributed by atoms with E-state index in [1.165, 1.54) is 22.3 Å². The van der Waals surface area contributed by atoms with Crippen LogP contribution in [0.4, 0.5) is 14.5 Å². The number of hydrogen-bond donors (Lipinski definition) is 2. The van der Waals surface area contributed by atoms with E-state index in [4.69, 9.17) is 5.73 Å². The lowest BCUT2D eigenvalue weighted by Crippen LogP contribution is -2.47. The molecule has 27 heavy (non-hydrogen) atoms. The highest BCUT2D eigenvalue weighted by atomic mass is 32.2. The second kappa shape index (κ2) is 7.59. The maximum Gasteiger partial charge on any atom is 0.204 e. The van der Waals surface area contributed by atoms with Crippen molar-refractivity contribution in [1.82, 2.24) is 4.31 Å². The molecule has 2 aliphatic heterocycles. The summed E-state index contributed by atoms with van der Waals surface area (Å²) in [7, 11) is 0.192. The van der Waals surface area contributed by atoms with Crippen molar-refractivity contribution in [2.45, 2.75) is 25.6 Å². The highest BCUT2D eigenvalue weighted by Gasteiger charge is 2.38. The minimum atomic E-state index is -1.40. The van der Waals surface area contributed by atoms with Gasteiger partial charge in [0.2, 0.25) is 5.96 Å². The molecule has 1 aromatic rings. The Morgan fingerprint density at radius 2 is 2.22 bits per heavy atom. The maximum absolute atomic E-state index is 14.9. The van der Waals surface area contributed by atoms with Gasteiger partial charge in [-0.1, -0.05) is 0 Å². The molecule has 0 amide bonds. The maximum atomic E-state index is 14.9. The van der Waals surface area contributed by atoms with Gasteiger partial charge in [0.05, 0.1) is 12.3 Å². The fraction of sp³-hybridized carbons (Fsp3) is 0.412. The molecule has 2 aliphatic rings. The molecule has 6 nitrogen and oxygen atoms in total. The van der Waals surface area contributed by atoms with Crippen LogP contribution in [-0.2, 0) is 16.5 Å². The van der Waals surface area contributed by atoms with Gasteiger partial charge in [-0.15, -0.1) is 0 Å². The fourth-order valence-electron chi connectivity index (χ4n) is 2.81. The van der Waals surface area contributed by atoms with Crippen LogP contribution >= 0.6 is 11.9 Å². The number of hydrogen-bond acceptors (Lipinski definition) is 6. The number of rotatable bonds is 3. The van der Waals surface area contributed by atoms with E-state index in [2.05, 4.69) is 14.7 Å². The molecular formula is C17H21F2N5OS2. The van der Waals surface area contributed by atoms with Crippen LogP contribution in [0.25, 0.3) is 0 Å². The van der Waals surface area contributed by atoms with E-state index in [1.54, 1.807) is 39.1 Å². The fourth-order valence-corrected chi connectivity index (χ4v) is 4.58. The number of benzene rings is 1. The minimum absolute atomic E-state index is 0.0968. The second-order valence-electron chi connectivity index (χ2n) is 6.62. The van der Waals surface area contributed by atoms with Gasteiger partial charge in [-0.25, -0.2) is 18.0 Å².